The standard InChI is InChI=1S/C21H20F2N2O6/c1-29-7-6-24-20(27)10-25-17-8-13(2-5-19(17)31-12-21(25)28)18(26)11-30-14-3-4-15(22)16(23)9-14/h2-5,8-9H,6-7,10-12H2,1H3,(H,24,27). The van der Waals surface area contributed by atoms with Crippen molar-refractivity contribution in [2.24, 2.45) is 0 Å². The van der Waals surface area contributed by atoms with Crippen LogP contribution in [0.25, 0.3) is 0 Å². The smallest absolute Gasteiger partial charge is 0.265 e. The third kappa shape index (κ3) is 5.54. The zero-order valence-electron chi connectivity index (χ0n) is 16.7. The van der Waals surface area contributed by atoms with Crippen LogP contribution in [0.1, 0.15) is 10.4 Å². The number of amides is 2. The molecule has 1 aliphatic heterocycles. The van der Waals surface area contributed by atoms with Gasteiger partial charge in [0.2, 0.25) is 5.91 Å². The number of hydrogen-bond acceptors (Lipinski definition) is 6. The van der Waals surface area contributed by atoms with Crippen molar-refractivity contribution in [2.75, 3.05) is 44.9 Å². The minimum atomic E-state index is -1.09. The summed E-state index contributed by atoms with van der Waals surface area (Å²) in [5.41, 5.74) is 0.473. The third-order valence-corrected chi connectivity index (χ3v) is 4.41. The first kappa shape index (κ1) is 22.2. The number of ketones is 1. The highest BCUT2D eigenvalue weighted by Gasteiger charge is 2.28. The van der Waals surface area contributed by atoms with Crippen LogP contribution >= 0.6 is 0 Å². The maximum Gasteiger partial charge on any atom is 0.265 e. The van der Waals surface area contributed by atoms with E-state index in [1.807, 2.05) is 0 Å². The van der Waals surface area contributed by atoms with E-state index in [9.17, 15) is 23.2 Å². The van der Waals surface area contributed by atoms with Crippen LogP contribution in [0.5, 0.6) is 11.5 Å². The van der Waals surface area contributed by atoms with E-state index in [0.29, 0.717) is 18.9 Å². The molecule has 2 aromatic carbocycles. The largest absolute Gasteiger partial charge is 0.485 e. The predicted molar refractivity (Wildman–Crippen MR) is 105 cm³/mol. The molecule has 0 unspecified atom stereocenters. The van der Waals surface area contributed by atoms with Gasteiger partial charge in [-0.05, 0) is 30.3 Å². The fourth-order valence-corrected chi connectivity index (χ4v) is 2.84. The number of carbonyl (C=O) groups is 3. The lowest BCUT2D eigenvalue weighted by Crippen LogP contribution is -2.45. The molecule has 8 nitrogen and oxygen atoms in total. The van der Waals surface area contributed by atoms with Crippen molar-refractivity contribution >= 4 is 23.3 Å². The molecule has 10 heteroatoms. The molecule has 1 heterocycles. The van der Waals surface area contributed by atoms with E-state index in [1.165, 1.54) is 36.3 Å². The third-order valence-electron chi connectivity index (χ3n) is 4.41. The number of benzene rings is 2. The van der Waals surface area contributed by atoms with Crippen LogP contribution in [0.4, 0.5) is 14.5 Å². The second-order valence-electron chi connectivity index (χ2n) is 6.58. The van der Waals surface area contributed by atoms with Gasteiger partial charge in [0, 0.05) is 25.3 Å². The van der Waals surface area contributed by atoms with E-state index in [0.717, 1.165) is 12.1 Å². The zero-order chi connectivity index (χ0) is 22.4. The van der Waals surface area contributed by atoms with Crippen molar-refractivity contribution in [1.82, 2.24) is 5.32 Å². The van der Waals surface area contributed by atoms with E-state index >= 15 is 0 Å². The van der Waals surface area contributed by atoms with Gasteiger partial charge in [0.1, 0.15) is 18.0 Å². The summed E-state index contributed by atoms with van der Waals surface area (Å²) in [7, 11) is 1.50. The Hall–Kier alpha value is -3.53. The van der Waals surface area contributed by atoms with Gasteiger partial charge in [-0.1, -0.05) is 0 Å². The molecule has 3 rings (SSSR count). The molecular formula is C21H20F2N2O6. The van der Waals surface area contributed by atoms with E-state index in [1.54, 1.807) is 0 Å². The van der Waals surface area contributed by atoms with Gasteiger partial charge >= 0.3 is 0 Å². The van der Waals surface area contributed by atoms with Crippen molar-refractivity contribution in [3.63, 3.8) is 0 Å². The topological polar surface area (TPSA) is 94.2 Å². The molecule has 0 aromatic heterocycles. The van der Waals surface area contributed by atoms with Gasteiger partial charge in [0.15, 0.2) is 30.6 Å². The molecule has 1 aliphatic rings. The number of Topliss-reactive ketones (excluding diaryl/α,β-unsaturated/α-hetero) is 1. The molecule has 0 fully saturated rings. The first-order chi connectivity index (χ1) is 14.9. The minimum Gasteiger partial charge on any atom is -0.485 e. The van der Waals surface area contributed by atoms with Crippen LogP contribution < -0.4 is 19.7 Å². The van der Waals surface area contributed by atoms with Crippen molar-refractivity contribution < 1.29 is 37.4 Å². The average molecular weight is 434 g/mol. The quantitative estimate of drug-likeness (QED) is 0.477. The summed E-state index contributed by atoms with van der Waals surface area (Å²) in [6, 6.07) is 7.37. The summed E-state index contributed by atoms with van der Waals surface area (Å²) in [5.74, 6) is -3.05. The number of hydrogen-bond donors (Lipinski definition) is 1. The summed E-state index contributed by atoms with van der Waals surface area (Å²) < 4.78 is 41.7. The summed E-state index contributed by atoms with van der Waals surface area (Å²) >= 11 is 0. The molecule has 0 bridgehead atoms. The van der Waals surface area contributed by atoms with Gasteiger partial charge in [0.25, 0.3) is 5.91 Å². The lowest BCUT2D eigenvalue weighted by molar-refractivity contribution is -0.125. The van der Waals surface area contributed by atoms with Gasteiger partial charge in [-0.2, -0.15) is 0 Å². The Balaban J connectivity index is 1.71. The second-order valence-corrected chi connectivity index (χ2v) is 6.58. The molecule has 1 N–H and O–H groups in total. The van der Waals surface area contributed by atoms with E-state index in [4.69, 9.17) is 14.2 Å². The molecule has 0 aliphatic carbocycles. The second kappa shape index (κ2) is 9.98. The number of ether oxygens (including phenoxy) is 3. The van der Waals surface area contributed by atoms with Gasteiger partial charge in [-0.15, -0.1) is 0 Å². The van der Waals surface area contributed by atoms with Crippen LogP contribution in [-0.2, 0) is 14.3 Å². The van der Waals surface area contributed by atoms with Crippen LogP contribution in [0, 0.1) is 11.6 Å². The number of anilines is 1. The molecular weight excluding hydrogens is 414 g/mol. The van der Waals surface area contributed by atoms with Crippen LogP contribution in [-0.4, -0.2) is 57.6 Å². The Kier molecular flexibility index (Phi) is 7.14. The maximum absolute atomic E-state index is 13.3. The summed E-state index contributed by atoms with van der Waals surface area (Å²) in [6.07, 6.45) is 0. The van der Waals surface area contributed by atoms with Gasteiger partial charge in [-0.25, -0.2) is 8.78 Å². The highest BCUT2D eigenvalue weighted by atomic mass is 19.2. The molecule has 0 saturated carbocycles. The average Bonchev–Trinajstić information content (AvgIpc) is 2.76. The van der Waals surface area contributed by atoms with Crippen molar-refractivity contribution in [3.8, 4) is 11.5 Å². The Morgan fingerprint density at radius 3 is 2.71 bits per heavy atom. The number of carbonyl (C=O) groups excluding carboxylic acids is 3. The van der Waals surface area contributed by atoms with Crippen molar-refractivity contribution in [3.05, 3.63) is 53.6 Å². The van der Waals surface area contributed by atoms with Gasteiger partial charge in [0.05, 0.1) is 12.3 Å². The highest BCUT2D eigenvalue weighted by molar-refractivity contribution is 6.04. The first-order valence-electron chi connectivity index (χ1n) is 9.33. The lowest BCUT2D eigenvalue weighted by Gasteiger charge is -2.29. The molecule has 0 saturated heterocycles. The summed E-state index contributed by atoms with van der Waals surface area (Å²) in [4.78, 5) is 38.2. The van der Waals surface area contributed by atoms with Crippen LogP contribution in [0.3, 0.4) is 0 Å². The predicted octanol–water partition coefficient (Wildman–Crippen LogP) is 1.71. The van der Waals surface area contributed by atoms with Gasteiger partial charge in [-0.3, -0.25) is 19.3 Å². The number of methoxy groups -OCH3 is 1. The fourth-order valence-electron chi connectivity index (χ4n) is 2.84. The lowest BCUT2D eigenvalue weighted by atomic mass is 10.1. The number of halogens is 2. The Bertz CT molecular complexity index is 998. The number of rotatable bonds is 9. The van der Waals surface area contributed by atoms with Crippen molar-refractivity contribution in [2.45, 2.75) is 0 Å². The molecule has 0 radical (unpaired) electrons. The Morgan fingerprint density at radius 2 is 1.97 bits per heavy atom. The maximum atomic E-state index is 13.3. The highest BCUT2D eigenvalue weighted by Crippen LogP contribution is 2.33. The Morgan fingerprint density at radius 1 is 1.16 bits per heavy atom. The fraction of sp³-hybridized carbons (Fsp3) is 0.286. The Labute approximate surface area is 176 Å². The molecule has 31 heavy (non-hydrogen) atoms. The van der Waals surface area contributed by atoms with Crippen LogP contribution in [0.15, 0.2) is 36.4 Å². The molecule has 164 valence electrons. The normalized spacial score (nSPS) is 12.7. The number of nitrogens with zero attached hydrogens (tertiary/aromatic N) is 1. The molecule has 2 amide bonds. The SMILES string of the molecule is COCCNC(=O)CN1C(=O)COc2ccc(C(=O)COc3ccc(F)c(F)c3)cc21. The van der Waals surface area contributed by atoms with Crippen LogP contribution in [0.2, 0.25) is 0 Å². The van der Waals surface area contributed by atoms with Crippen molar-refractivity contribution in [1.29, 1.82) is 0 Å². The van der Waals surface area contributed by atoms with E-state index in [2.05, 4.69) is 5.32 Å². The van der Waals surface area contributed by atoms with E-state index in [-0.39, 0.29) is 30.2 Å². The zero-order valence-corrected chi connectivity index (χ0v) is 16.7. The summed E-state index contributed by atoms with van der Waals surface area (Å²) in [5, 5.41) is 2.62. The molecule has 0 spiro atoms. The summed E-state index contributed by atoms with van der Waals surface area (Å²) in [6.45, 7) is -0.292. The number of nitrogens with one attached hydrogen (secondary N) is 1. The molecule has 0 atom stereocenters. The first-order valence-corrected chi connectivity index (χ1v) is 9.33. The molecule has 2 aromatic rings. The van der Waals surface area contributed by atoms with Gasteiger partial charge < -0.3 is 19.5 Å². The van der Waals surface area contributed by atoms with E-state index < -0.39 is 35.8 Å². The monoisotopic (exact) mass is 434 g/mol. The minimum absolute atomic E-state index is 0.00178. The number of fused-ring (bicyclic) bond motifs is 1.